The van der Waals surface area contributed by atoms with Crippen molar-refractivity contribution in [2.45, 2.75) is 37.8 Å². The lowest BCUT2D eigenvalue weighted by Crippen LogP contribution is -2.34. The molecule has 0 heterocycles. The number of benzene rings is 2. The molecule has 2 nitrogen and oxygen atoms in total. The van der Waals surface area contributed by atoms with Gasteiger partial charge in [-0.05, 0) is 41.8 Å². The van der Waals surface area contributed by atoms with E-state index in [0.29, 0.717) is 10.6 Å². The summed E-state index contributed by atoms with van der Waals surface area (Å²) in [5.74, 6) is -7.92. The standard InChI is InChI=1S/C21H18Cl2F5NO/c1-11(21(26,27)28)18(13-3-5-15(22)6-4-13)19(30)29-17-9-12(2-7-16(17)23)8-14-10-20(14,24)25/h2-7,9,11,14,18H,8,10H2,1H3,(H,29,30)/t11-,14?,18+/m1/s1. The summed E-state index contributed by atoms with van der Waals surface area (Å²) in [7, 11) is 0. The van der Waals surface area contributed by atoms with Crippen LogP contribution in [0.1, 0.15) is 30.4 Å². The Bertz CT molecular complexity index is 930. The highest BCUT2D eigenvalue weighted by molar-refractivity contribution is 6.33. The van der Waals surface area contributed by atoms with E-state index in [-0.39, 0.29) is 29.1 Å². The highest BCUT2D eigenvalue weighted by Crippen LogP contribution is 2.50. The molecule has 0 bridgehead atoms. The second-order valence-corrected chi connectivity index (χ2v) is 8.37. The number of carbonyl (C=O) groups is 1. The Morgan fingerprint density at radius 1 is 1.17 bits per heavy atom. The van der Waals surface area contributed by atoms with Gasteiger partial charge in [-0.3, -0.25) is 4.79 Å². The van der Waals surface area contributed by atoms with E-state index in [1.807, 2.05) is 0 Å². The number of nitrogens with one attached hydrogen (secondary N) is 1. The summed E-state index contributed by atoms with van der Waals surface area (Å²) in [6.45, 7) is 0.923. The van der Waals surface area contributed by atoms with Gasteiger partial charge in [-0.25, -0.2) is 8.78 Å². The molecule has 1 unspecified atom stereocenters. The zero-order valence-electron chi connectivity index (χ0n) is 15.7. The highest BCUT2D eigenvalue weighted by Gasteiger charge is 2.56. The zero-order valence-corrected chi connectivity index (χ0v) is 17.3. The van der Waals surface area contributed by atoms with Gasteiger partial charge in [0.25, 0.3) is 5.92 Å². The van der Waals surface area contributed by atoms with E-state index in [4.69, 9.17) is 23.2 Å². The van der Waals surface area contributed by atoms with Gasteiger partial charge in [0, 0.05) is 17.4 Å². The normalized spacial score (nSPS) is 19.8. The summed E-state index contributed by atoms with van der Waals surface area (Å²) in [6.07, 6.45) is -4.74. The van der Waals surface area contributed by atoms with Crippen molar-refractivity contribution < 1.29 is 26.7 Å². The molecule has 2 aromatic carbocycles. The third-order valence-corrected chi connectivity index (χ3v) is 5.84. The Morgan fingerprint density at radius 3 is 2.30 bits per heavy atom. The van der Waals surface area contributed by atoms with Crippen LogP contribution in [0.15, 0.2) is 42.5 Å². The van der Waals surface area contributed by atoms with Crippen molar-refractivity contribution in [2.24, 2.45) is 11.8 Å². The Balaban J connectivity index is 1.85. The monoisotopic (exact) mass is 465 g/mol. The maximum absolute atomic E-state index is 13.4. The van der Waals surface area contributed by atoms with E-state index >= 15 is 0 Å². The summed E-state index contributed by atoms with van der Waals surface area (Å²) >= 11 is 11.9. The molecule has 2 aromatic rings. The fraction of sp³-hybridized carbons (Fsp3) is 0.381. The summed E-state index contributed by atoms with van der Waals surface area (Å²) < 4.78 is 66.6. The number of amides is 1. The van der Waals surface area contributed by atoms with E-state index < -0.39 is 35.8 Å². The van der Waals surface area contributed by atoms with Gasteiger partial charge in [-0.1, -0.05) is 48.3 Å². The van der Waals surface area contributed by atoms with Gasteiger partial charge in [0.2, 0.25) is 5.91 Å². The van der Waals surface area contributed by atoms with Crippen molar-refractivity contribution in [3.63, 3.8) is 0 Å². The largest absolute Gasteiger partial charge is 0.392 e. The topological polar surface area (TPSA) is 29.1 Å². The number of hydrogen-bond donors (Lipinski definition) is 1. The first-order chi connectivity index (χ1) is 13.9. The average Bonchev–Trinajstić information content (AvgIpc) is 3.24. The van der Waals surface area contributed by atoms with E-state index in [9.17, 15) is 26.7 Å². The van der Waals surface area contributed by atoms with E-state index in [1.165, 1.54) is 36.4 Å². The predicted molar refractivity (Wildman–Crippen MR) is 106 cm³/mol. The SMILES string of the molecule is C[C@H]([C@H](C(=O)Nc1cc(CC2CC2(F)F)ccc1Cl)c1ccc(Cl)cc1)C(F)(F)F. The molecular formula is C21H18Cl2F5NO. The molecule has 1 fully saturated rings. The first kappa shape index (κ1) is 22.8. The number of rotatable bonds is 6. The van der Waals surface area contributed by atoms with Crippen LogP contribution in [0.4, 0.5) is 27.6 Å². The lowest BCUT2D eigenvalue weighted by atomic mass is 9.86. The van der Waals surface area contributed by atoms with Crippen LogP contribution in [-0.2, 0) is 11.2 Å². The van der Waals surface area contributed by atoms with Crippen LogP contribution in [0.5, 0.6) is 0 Å². The number of carbonyl (C=O) groups excluding carboxylic acids is 1. The number of halogens is 7. The first-order valence-corrected chi connectivity index (χ1v) is 9.93. The molecule has 3 rings (SSSR count). The summed E-state index contributed by atoms with van der Waals surface area (Å²) in [5, 5.41) is 2.87. The van der Waals surface area contributed by atoms with Gasteiger partial charge in [0.1, 0.15) is 0 Å². The molecule has 1 saturated carbocycles. The molecule has 0 spiro atoms. The quantitative estimate of drug-likeness (QED) is 0.452. The Labute approximate surface area is 180 Å². The lowest BCUT2D eigenvalue weighted by molar-refractivity contribution is -0.178. The number of alkyl halides is 5. The smallest absolute Gasteiger partial charge is 0.324 e. The van der Waals surface area contributed by atoms with E-state index in [2.05, 4.69) is 5.32 Å². The Hall–Kier alpha value is -1.86. The number of anilines is 1. The van der Waals surface area contributed by atoms with Gasteiger partial charge in [-0.2, -0.15) is 13.2 Å². The van der Waals surface area contributed by atoms with Crippen LogP contribution in [0.25, 0.3) is 0 Å². The maximum Gasteiger partial charge on any atom is 0.392 e. The first-order valence-electron chi connectivity index (χ1n) is 9.18. The minimum atomic E-state index is -4.62. The molecule has 1 aliphatic carbocycles. The van der Waals surface area contributed by atoms with Crippen molar-refractivity contribution >= 4 is 34.8 Å². The molecule has 1 aliphatic rings. The lowest BCUT2D eigenvalue weighted by Gasteiger charge is -2.26. The maximum atomic E-state index is 13.4. The number of hydrogen-bond acceptors (Lipinski definition) is 1. The average molecular weight is 466 g/mol. The predicted octanol–water partition coefficient (Wildman–Crippen LogP) is 7.11. The summed E-state index contributed by atoms with van der Waals surface area (Å²) in [5.41, 5.74) is 0.742. The molecular weight excluding hydrogens is 448 g/mol. The van der Waals surface area contributed by atoms with E-state index in [0.717, 1.165) is 6.92 Å². The van der Waals surface area contributed by atoms with Gasteiger partial charge < -0.3 is 5.32 Å². The molecule has 0 saturated heterocycles. The molecule has 3 atom stereocenters. The van der Waals surface area contributed by atoms with Crippen molar-refractivity contribution in [3.05, 3.63) is 63.6 Å². The second-order valence-electron chi connectivity index (χ2n) is 7.53. The van der Waals surface area contributed by atoms with Crippen molar-refractivity contribution in [3.8, 4) is 0 Å². The van der Waals surface area contributed by atoms with Gasteiger partial charge >= 0.3 is 6.18 Å². The second kappa shape index (κ2) is 8.35. The molecule has 1 N–H and O–H groups in total. The molecule has 0 aliphatic heterocycles. The molecule has 9 heteroatoms. The van der Waals surface area contributed by atoms with Crippen LogP contribution in [0.3, 0.4) is 0 Å². The summed E-state index contributed by atoms with van der Waals surface area (Å²) in [6, 6.07) is 9.95. The molecule has 0 radical (unpaired) electrons. The fourth-order valence-electron chi connectivity index (χ4n) is 3.31. The summed E-state index contributed by atoms with van der Waals surface area (Å²) in [4.78, 5) is 12.9. The Kier molecular flexibility index (Phi) is 6.35. The molecule has 30 heavy (non-hydrogen) atoms. The van der Waals surface area contributed by atoms with Gasteiger partial charge in [-0.15, -0.1) is 0 Å². The highest BCUT2D eigenvalue weighted by atomic mass is 35.5. The van der Waals surface area contributed by atoms with Crippen molar-refractivity contribution in [1.82, 2.24) is 0 Å². The van der Waals surface area contributed by atoms with Crippen molar-refractivity contribution in [2.75, 3.05) is 5.32 Å². The van der Waals surface area contributed by atoms with E-state index in [1.54, 1.807) is 6.07 Å². The Morgan fingerprint density at radius 2 is 1.77 bits per heavy atom. The molecule has 1 amide bonds. The third kappa shape index (κ3) is 5.24. The fourth-order valence-corrected chi connectivity index (χ4v) is 3.60. The molecule has 0 aromatic heterocycles. The van der Waals surface area contributed by atoms with Crippen LogP contribution in [-0.4, -0.2) is 18.0 Å². The molecule has 162 valence electrons. The van der Waals surface area contributed by atoms with Crippen LogP contribution in [0.2, 0.25) is 10.0 Å². The minimum Gasteiger partial charge on any atom is -0.324 e. The van der Waals surface area contributed by atoms with Gasteiger partial charge in [0.15, 0.2) is 0 Å². The third-order valence-electron chi connectivity index (χ3n) is 5.25. The zero-order chi connectivity index (χ0) is 22.3. The minimum absolute atomic E-state index is 0.0801. The van der Waals surface area contributed by atoms with Crippen LogP contribution in [0, 0.1) is 11.8 Å². The van der Waals surface area contributed by atoms with Gasteiger partial charge in [0.05, 0.1) is 22.5 Å². The van der Waals surface area contributed by atoms with Crippen molar-refractivity contribution in [1.29, 1.82) is 0 Å². The van der Waals surface area contributed by atoms with Crippen LogP contribution >= 0.6 is 23.2 Å². The van der Waals surface area contributed by atoms with Crippen LogP contribution < -0.4 is 5.32 Å².